The Morgan fingerprint density at radius 2 is 2.14 bits per heavy atom. The molecule has 7 nitrogen and oxygen atoms in total. The maximum Gasteiger partial charge on any atom is 0.255 e. The van der Waals surface area contributed by atoms with Crippen LogP contribution in [0.2, 0.25) is 5.02 Å². The molecule has 1 aliphatic heterocycles. The summed E-state index contributed by atoms with van der Waals surface area (Å²) in [6.07, 6.45) is 4.24. The van der Waals surface area contributed by atoms with E-state index >= 15 is 0 Å². The van der Waals surface area contributed by atoms with Gasteiger partial charge in [-0.1, -0.05) is 11.6 Å². The van der Waals surface area contributed by atoms with Gasteiger partial charge in [0.05, 0.1) is 24.5 Å². The second-order valence-electron chi connectivity index (χ2n) is 7.04. The number of nitrogens with one attached hydrogen (secondary N) is 1. The maximum absolute atomic E-state index is 12.7. The SMILES string of the molecule is CC(C)Oc1ncc(C(=O)N2CCC(C(=O)NCc3ccco3)CC2)cc1Cl. The van der Waals surface area contributed by atoms with Gasteiger partial charge in [0.25, 0.3) is 5.91 Å². The number of piperidine rings is 1. The number of hydrogen-bond acceptors (Lipinski definition) is 5. The van der Waals surface area contributed by atoms with E-state index in [1.165, 1.54) is 6.20 Å². The van der Waals surface area contributed by atoms with Crippen LogP contribution in [0.1, 0.15) is 42.8 Å². The second kappa shape index (κ2) is 9.10. The Labute approximate surface area is 169 Å². The Morgan fingerprint density at radius 3 is 2.75 bits per heavy atom. The molecule has 0 aromatic carbocycles. The van der Waals surface area contributed by atoms with Crippen molar-refractivity contribution in [3.63, 3.8) is 0 Å². The van der Waals surface area contributed by atoms with Gasteiger partial charge in [0.15, 0.2) is 0 Å². The fourth-order valence-corrected chi connectivity index (χ4v) is 3.32. The molecule has 0 saturated carbocycles. The first-order valence-corrected chi connectivity index (χ1v) is 9.73. The summed E-state index contributed by atoms with van der Waals surface area (Å²) in [5.74, 6) is 0.779. The molecule has 8 heteroatoms. The predicted octanol–water partition coefficient (Wildman–Crippen LogP) is 3.28. The summed E-state index contributed by atoms with van der Waals surface area (Å²) in [6.45, 7) is 5.16. The highest BCUT2D eigenvalue weighted by atomic mass is 35.5. The molecule has 2 aromatic heterocycles. The van der Waals surface area contributed by atoms with Crippen LogP contribution in [0, 0.1) is 5.92 Å². The number of rotatable bonds is 6. The van der Waals surface area contributed by atoms with E-state index in [0.717, 1.165) is 5.76 Å². The van der Waals surface area contributed by atoms with Gasteiger partial charge >= 0.3 is 0 Å². The molecule has 0 atom stereocenters. The molecule has 1 fully saturated rings. The zero-order valence-electron chi connectivity index (χ0n) is 16.0. The number of aromatic nitrogens is 1. The quantitative estimate of drug-likeness (QED) is 0.797. The van der Waals surface area contributed by atoms with Crippen LogP contribution in [-0.2, 0) is 11.3 Å². The minimum absolute atomic E-state index is 0.0107. The molecule has 0 unspecified atom stereocenters. The minimum Gasteiger partial charge on any atom is -0.474 e. The smallest absolute Gasteiger partial charge is 0.255 e. The van der Waals surface area contributed by atoms with E-state index in [2.05, 4.69) is 10.3 Å². The van der Waals surface area contributed by atoms with Gasteiger partial charge in [0, 0.05) is 25.2 Å². The van der Waals surface area contributed by atoms with Gasteiger partial charge in [-0.2, -0.15) is 0 Å². The van der Waals surface area contributed by atoms with Crippen molar-refractivity contribution in [3.8, 4) is 5.88 Å². The van der Waals surface area contributed by atoms with E-state index in [1.54, 1.807) is 23.3 Å². The van der Waals surface area contributed by atoms with Gasteiger partial charge in [0.2, 0.25) is 11.8 Å². The Kier molecular flexibility index (Phi) is 6.57. The van der Waals surface area contributed by atoms with Crippen LogP contribution in [0.3, 0.4) is 0 Å². The van der Waals surface area contributed by atoms with E-state index in [-0.39, 0.29) is 23.8 Å². The third kappa shape index (κ3) is 5.04. The Balaban J connectivity index is 1.52. The second-order valence-corrected chi connectivity index (χ2v) is 7.45. The van der Waals surface area contributed by atoms with E-state index in [0.29, 0.717) is 48.9 Å². The van der Waals surface area contributed by atoms with E-state index in [1.807, 2.05) is 19.9 Å². The van der Waals surface area contributed by atoms with Gasteiger partial charge in [-0.3, -0.25) is 9.59 Å². The highest BCUT2D eigenvalue weighted by Gasteiger charge is 2.28. The number of furan rings is 1. The van der Waals surface area contributed by atoms with Crippen molar-refractivity contribution in [1.29, 1.82) is 0 Å². The van der Waals surface area contributed by atoms with Crippen molar-refractivity contribution >= 4 is 23.4 Å². The number of likely N-dealkylation sites (tertiary alicyclic amines) is 1. The van der Waals surface area contributed by atoms with Crippen LogP contribution >= 0.6 is 11.6 Å². The average Bonchev–Trinajstić information content (AvgIpc) is 3.20. The average molecular weight is 406 g/mol. The van der Waals surface area contributed by atoms with Crippen LogP contribution < -0.4 is 10.1 Å². The summed E-state index contributed by atoms with van der Waals surface area (Å²) < 4.78 is 10.7. The monoisotopic (exact) mass is 405 g/mol. The fraction of sp³-hybridized carbons (Fsp3) is 0.450. The first-order valence-electron chi connectivity index (χ1n) is 9.35. The molecule has 2 amide bonds. The summed E-state index contributed by atoms with van der Waals surface area (Å²) in [5, 5.41) is 3.19. The number of nitrogens with zero attached hydrogens (tertiary/aromatic N) is 2. The largest absolute Gasteiger partial charge is 0.474 e. The van der Waals surface area contributed by atoms with E-state index < -0.39 is 0 Å². The Morgan fingerprint density at radius 1 is 1.39 bits per heavy atom. The Hall–Kier alpha value is -2.54. The predicted molar refractivity (Wildman–Crippen MR) is 104 cm³/mol. The van der Waals surface area contributed by atoms with Crippen molar-refractivity contribution < 1.29 is 18.7 Å². The van der Waals surface area contributed by atoms with Crippen LogP contribution in [0.15, 0.2) is 35.1 Å². The third-order valence-corrected chi connectivity index (χ3v) is 4.84. The zero-order valence-corrected chi connectivity index (χ0v) is 16.7. The summed E-state index contributed by atoms with van der Waals surface area (Å²) in [6, 6.07) is 5.18. The molecule has 0 bridgehead atoms. The number of carbonyl (C=O) groups excluding carboxylic acids is 2. The lowest BCUT2D eigenvalue weighted by atomic mass is 9.95. The normalized spacial score (nSPS) is 14.9. The van der Waals surface area contributed by atoms with Crippen LogP contribution in [0.5, 0.6) is 5.88 Å². The molecule has 1 saturated heterocycles. The highest BCUT2D eigenvalue weighted by Crippen LogP contribution is 2.25. The number of hydrogen-bond donors (Lipinski definition) is 1. The first-order chi connectivity index (χ1) is 13.4. The lowest BCUT2D eigenvalue weighted by molar-refractivity contribution is -0.126. The van der Waals surface area contributed by atoms with Crippen molar-refractivity contribution in [2.24, 2.45) is 5.92 Å². The fourth-order valence-electron chi connectivity index (χ4n) is 3.11. The summed E-state index contributed by atoms with van der Waals surface area (Å²) in [7, 11) is 0. The minimum atomic E-state index is -0.139. The molecule has 1 N–H and O–H groups in total. The molecule has 3 heterocycles. The topological polar surface area (TPSA) is 84.7 Å². The lowest BCUT2D eigenvalue weighted by Gasteiger charge is -2.31. The zero-order chi connectivity index (χ0) is 20.1. The van der Waals surface area contributed by atoms with Gasteiger partial charge in [-0.15, -0.1) is 0 Å². The number of halogens is 1. The van der Waals surface area contributed by atoms with Crippen molar-refractivity contribution in [1.82, 2.24) is 15.2 Å². The third-order valence-electron chi connectivity index (χ3n) is 4.57. The molecule has 0 aliphatic carbocycles. The van der Waals surface area contributed by atoms with E-state index in [9.17, 15) is 9.59 Å². The first kappa shape index (κ1) is 20.2. The molecule has 150 valence electrons. The Bertz CT molecular complexity index is 815. The van der Waals surface area contributed by atoms with Crippen LogP contribution in [0.25, 0.3) is 0 Å². The molecule has 0 radical (unpaired) electrons. The summed E-state index contributed by atoms with van der Waals surface area (Å²) in [4.78, 5) is 30.9. The summed E-state index contributed by atoms with van der Waals surface area (Å²) >= 11 is 6.18. The number of carbonyl (C=O) groups is 2. The highest BCUT2D eigenvalue weighted by molar-refractivity contribution is 6.32. The number of amides is 2. The molecule has 28 heavy (non-hydrogen) atoms. The molecular weight excluding hydrogens is 382 g/mol. The molecule has 1 aliphatic rings. The van der Waals surface area contributed by atoms with Gasteiger partial charge in [-0.05, 0) is 44.9 Å². The lowest BCUT2D eigenvalue weighted by Crippen LogP contribution is -2.43. The van der Waals surface area contributed by atoms with Crippen molar-refractivity contribution in [2.45, 2.75) is 39.3 Å². The van der Waals surface area contributed by atoms with Crippen LogP contribution in [0.4, 0.5) is 0 Å². The van der Waals surface area contributed by atoms with Gasteiger partial charge in [0.1, 0.15) is 10.8 Å². The molecule has 3 rings (SSSR count). The standard InChI is InChI=1S/C20H24ClN3O4/c1-13(2)28-19-17(21)10-15(11-23-19)20(26)24-7-5-14(6-8-24)18(25)22-12-16-4-3-9-27-16/h3-4,9-11,13-14H,5-8,12H2,1-2H3,(H,22,25). The van der Waals surface area contributed by atoms with Crippen molar-refractivity contribution in [2.75, 3.05) is 13.1 Å². The molecule has 0 spiro atoms. The van der Waals surface area contributed by atoms with Gasteiger partial charge in [-0.25, -0.2) is 4.98 Å². The van der Waals surface area contributed by atoms with Gasteiger partial charge < -0.3 is 19.4 Å². The van der Waals surface area contributed by atoms with E-state index in [4.69, 9.17) is 20.8 Å². The molecule has 2 aromatic rings. The molecular formula is C20H24ClN3O4. The number of pyridine rings is 1. The van der Waals surface area contributed by atoms with Crippen molar-refractivity contribution in [3.05, 3.63) is 47.0 Å². The van der Waals surface area contributed by atoms with Crippen LogP contribution in [-0.4, -0.2) is 40.9 Å². The maximum atomic E-state index is 12.7. The summed E-state index contributed by atoms with van der Waals surface area (Å²) in [5.41, 5.74) is 0.418. The number of ether oxygens (including phenoxy) is 1.